The lowest BCUT2D eigenvalue weighted by molar-refractivity contribution is 0.251. The number of amides is 2. The van der Waals surface area contributed by atoms with Crippen molar-refractivity contribution in [1.29, 1.82) is 0 Å². The third-order valence-electron chi connectivity index (χ3n) is 3.19. The summed E-state index contributed by atoms with van der Waals surface area (Å²) in [5.41, 5.74) is 1.28. The molecule has 1 aromatic carbocycles. The van der Waals surface area contributed by atoms with Gasteiger partial charge in [0.05, 0.1) is 24.1 Å². The van der Waals surface area contributed by atoms with Crippen molar-refractivity contribution in [2.24, 2.45) is 0 Å². The molecule has 0 aliphatic rings. The molecule has 3 rings (SSSR count). The molecule has 2 amide bonds. The molecule has 0 atom stereocenters. The van der Waals surface area contributed by atoms with Crippen LogP contribution in [0, 0.1) is 5.82 Å². The van der Waals surface area contributed by atoms with Gasteiger partial charge < -0.3 is 15.4 Å². The number of rotatable bonds is 5. The molecule has 0 aliphatic carbocycles. The van der Waals surface area contributed by atoms with E-state index >= 15 is 0 Å². The Bertz CT molecular complexity index is 824. The van der Waals surface area contributed by atoms with Crippen LogP contribution in [0.25, 0.3) is 0 Å². The highest BCUT2D eigenvalue weighted by atomic mass is 19.1. The topological polar surface area (TPSA) is 76.1 Å². The van der Waals surface area contributed by atoms with Crippen LogP contribution in [0.4, 0.5) is 14.9 Å². The lowest BCUT2D eigenvalue weighted by Gasteiger charge is -2.08. The first kappa shape index (κ1) is 16.4. The summed E-state index contributed by atoms with van der Waals surface area (Å²) < 4.78 is 18.3. The van der Waals surface area contributed by atoms with E-state index in [2.05, 4.69) is 20.6 Å². The molecule has 0 saturated carbocycles. The van der Waals surface area contributed by atoms with Gasteiger partial charge in [0.25, 0.3) is 0 Å². The fourth-order valence-electron chi connectivity index (χ4n) is 1.99. The molecule has 6 nitrogen and oxygen atoms in total. The van der Waals surface area contributed by atoms with Gasteiger partial charge in [-0.15, -0.1) is 0 Å². The van der Waals surface area contributed by atoms with Gasteiger partial charge in [0, 0.05) is 12.3 Å². The first-order chi connectivity index (χ1) is 12.2. The molecule has 0 spiro atoms. The van der Waals surface area contributed by atoms with Gasteiger partial charge in [0.1, 0.15) is 11.6 Å². The van der Waals surface area contributed by atoms with E-state index in [0.717, 1.165) is 5.69 Å². The van der Waals surface area contributed by atoms with E-state index in [1.165, 1.54) is 30.5 Å². The summed E-state index contributed by atoms with van der Waals surface area (Å²) >= 11 is 0. The normalized spacial score (nSPS) is 10.1. The molecule has 2 heterocycles. The van der Waals surface area contributed by atoms with Crippen LogP contribution < -0.4 is 15.4 Å². The summed E-state index contributed by atoms with van der Waals surface area (Å²) in [6.45, 7) is 0.325. The molecule has 0 saturated heterocycles. The smallest absolute Gasteiger partial charge is 0.319 e. The van der Waals surface area contributed by atoms with Crippen molar-refractivity contribution in [2.45, 2.75) is 6.54 Å². The largest absolute Gasteiger partial charge is 0.439 e. The number of hydrogen-bond donors (Lipinski definition) is 2. The zero-order valence-corrected chi connectivity index (χ0v) is 13.1. The summed E-state index contributed by atoms with van der Waals surface area (Å²) in [6, 6.07) is 14.0. The molecule has 25 heavy (non-hydrogen) atoms. The van der Waals surface area contributed by atoms with E-state index in [4.69, 9.17) is 4.74 Å². The van der Waals surface area contributed by atoms with Crippen molar-refractivity contribution in [3.05, 3.63) is 78.5 Å². The number of nitrogens with one attached hydrogen (secondary N) is 2. The maximum absolute atomic E-state index is 12.8. The van der Waals surface area contributed by atoms with Crippen LogP contribution in [0.1, 0.15) is 5.69 Å². The maximum atomic E-state index is 12.8. The molecule has 0 unspecified atom stereocenters. The Morgan fingerprint density at radius 3 is 2.56 bits per heavy atom. The number of carbonyl (C=O) groups is 1. The minimum absolute atomic E-state index is 0.325. The molecule has 0 fully saturated rings. The number of hydrogen-bond acceptors (Lipinski definition) is 4. The Kier molecular flexibility index (Phi) is 5.16. The van der Waals surface area contributed by atoms with Gasteiger partial charge in [0.15, 0.2) is 0 Å². The highest BCUT2D eigenvalue weighted by Crippen LogP contribution is 2.20. The van der Waals surface area contributed by atoms with Crippen LogP contribution in [-0.2, 0) is 6.54 Å². The van der Waals surface area contributed by atoms with Crippen LogP contribution in [0.3, 0.4) is 0 Å². The molecule has 0 radical (unpaired) electrons. The molecule has 0 bridgehead atoms. The number of halogens is 1. The number of anilines is 1. The number of benzene rings is 1. The van der Waals surface area contributed by atoms with Crippen molar-refractivity contribution in [2.75, 3.05) is 5.32 Å². The Hall–Kier alpha value is -3.48. The van der Waals surface area contributed by atoms with Crippen molar-refractivity contribution < 1.29 is 13.9 Å². The van der Waals surface area contributed by atoms with Gasteiger partial charge in [-0.25, -0.2) is 14.2 Å². The second-order valence-corrected chi connectivity index (χ2v) is 5.07. The highest BCUT2D eigenvalue weighted by Gasteiger charge is 2.04. The number of aromatic nitrogens is 2. The Morgan fingerprint density at radius 1 is 1.04 bits per heavy atom. The SMILES string of the molecule is O=C(NCc1ccccn1)Nc1ccc(Oc2ccc(F)cc2)nc1. The van der Waals surface area contributed by atoms with Gasteiger partial charge in [-0.3, -0.25) is 4.98 Å². The van der Waals surface area contributed by atoms with Gasteiger partial charge in [-0.1, -0.05) is 6.07 Å². The molecule has 7 heteroatoms. The fourth-order valence-corrected chi connectivity index (χ4v) is 1.99. The van der Waals surface area contributed by atoms with Gasteiger partial charge >= 0.3 is 6.03 Å². The van der Waals surface area contributed by atoms with Gasteiger partial charge in [-0.05, 0) is 42.5 Å². The first-order valence-corrected chi connectivity index (χ1v) is 7.53. The molecule has 2 aromatic heterocycles. The Morgan fingerprint density at radius 2 is 1.88 bits per heavy atom. The summed E-state index contributed by atoms with van der Waals surface area (Å²) in [7, 11) is 0. The predicted molar refractivity (Wildman–Crippen MR) is 90.8 cm³/mol. The van der Waals surface area contributed by atoms with Crippen LogP contribution in [0.2, 0.25) is 0 Å². The number of urea groups is 1. The lowest BCUT2D eigenvalue weighted by atomic mass is 10.3. The van der Waals surface area contributed by atoms with E-state index in [9.17, 15) is 9.18 Å². The van der Waals surface area contributed by atoms with E-state index in [0.29, 0.717) is 23.9 Å². The maximum Gasteiger partial charge on any atom is 0.319 e. The summed E-state index contributed by atoms with van der Waals surface area (Å²) in [6.07, 6.45) is 3.14. The van der Waals surface area contributed by atoms with Crippen LogP contribution in [0.15, 0.2) is 67.0 Å². The van der Waals surface area contributed by atoms with Crippen LogP contribution in [-0.4, -0.2) is 16.0 Å². The molecule has 126 valence electrons. The monoisotopic (exact) mass is 338 g/mol. The Labute approximate surface area is 143 Å². The van der Waals surface area contributed by atoms with E-state index in [1.54, 1.807) is 18.3 Å². The highest BCUT2D eigenvalue weighted by molar-refractivity contribution is 5.88. The third-order valence-corrected chi connectivity index (χ3v) is 3.19. The second kappa shape index (κ2) is 7.87. The van der Waals surface area contributed by atoms with Gasteiger partial charge in [-0.2, -0.15) is 0 Å². The molecule has 0 aliphatic heterocycles. The summed E-state index contributed by atoms with van der Waals surface area (Å²) in [5.74, 6) is 0.477. The molecular weight excluding hydrogens is 323 g/mol. The standard InChI is InChI=1S/C18H15FN4O2/c19-13-4-7-16(8-5-13)25-17-9-6-15(12-21-17)23-18(24)22-11-14-3-1-2-10-20-14/h1-10,12H,11H2,(H2,22,23,24). The van der Waals surface area contributed by atoms with E-state index < -0.39 is 0 Å². The minimum atomic E-state index is -0.361. The Balaban J connectivity index is 1.51. The van der Waals surface area contributed by atoms with Gasteiger partial charge in [0.2, 0.25) is 5.88 Å². The number of carbonyl (C=O) groups excluding carboxylic acids is 1. The second-order valence-electron chi connectivity index (χ2n) is 5.07. The van der Waals surface area contributed by atoms with Crippen molar-refractivity contribution in [3.63, 3.8) is 0 Å². The minimum Gasteiger partial charge on any atom is -0.439 e. The quantitative estimate of drug-likeness (QED) is 0.743. The third kappa shape index (κ3) is 5.00. The average molecular weight is 338 g/mol. The van der Waals surface area contributed by atoms with Crippen molar-refractivity contribution in [3.8, 4) is 11.6 Å². The summed E-state index contributed by atoms with van der Waals surface area (Å²) in [5, 5.41) is 5.37. The molecule has 3 aromatic rings. The molecular formula is C18H15FN4O2. The predicted octanol–water partition coefficient (Wildman–Crippen LogP) is 3.73. The zero-order valence-electron chi connectivity index (χ0n) is 13.1. The number of ether oxygens (including phenoxy) is 1. The number of pyridine rings is 2. The molecule has 2 N–H and O–H groups in total. The van der Waals surface area contributed by atoms with Crippen LogP contribution >= 0.6 is 0 Å². The number of nitrogens with zero attached hydrogens (tertiary/aromatic N) is 2. The fraction of sp³-hybridized carbons (Fsp3) is 0.0556. The first-order valence-electron chi connectivity index (χ1n) is 7.53. The zero-order chi connectivity index (χ0) is 17.5. The van der Waals surface area contributed by atoms with Crippen LogP contribution in [0.5, 0.6) is 11.6 Å². The van der Waals surface area contributed by atoms with E-state index in [1.807, 2.05) is 18.2 Å². The summed E-state index contributed by atoms with van der Waals surface area (Å²) in [4.78, 5) is 20.1. The average Bonchev–Trinajstić information content (AvgIpc) is 2.64. The van der Waals surface area contributed by atoms with Crippen molar-refractivity contribution >= 4 is 11.7 Å². The van der Waals surface area contributed by atoms with Crippen molar-refractivity contribution in [1.82, 2.24) is 15.3 Å². The van der Waals surface area contributed by atoms with E-state index in [-0.39, 0.29) is 11.8 Å². The lowest BCUT2D eigenvalue weighted by Crippen LogP contribution is -2.28.